The van der Waals surface area contributed by atoms with Crippen molar-refractivity contribution in [3.05, 3.63) is 71.2 Å². The highest BCUT2D eigenvalue weighted by molar-refractivity contribution is 7.13. The standard InChI is InChI=1S/C43H58N8O8S/c1-42(2,3)33(47-40(56)58-7)37(54)50-22-9-11-31(50)35(52)45-29-17-13-27(14-18-29)25-49(39-44-21-24-60-39)26-28-15-19-30(20-16-28)46-36(53)32-12-10-23-51(32)38(55)34(43(4,5)6)48-41(57)59-8/h13-21,24,31-34H,9-12,22-23,25-26H2,1-8H3,(H,45,52)(H,46,53)(H,47,56)(H,48,57)/t31-,32-,33+,34+/m0/s1. The molecule has 2 aliphatic rings. The van der Waals surface area contributed by atoms with Crippen LogP contribution in [-0.2, 0) is 41.7 Å². The molecule has 0 bridgehead atoms. The fraction of sp³-hybridized carbons (Fsp3) is 0.512. The number of ether oxygens (including phenoxy) is 2. The molecule has 0 aliphatic carbocycles. The third-order valence-electron chi connectivity index (χ3n) is 10.7. The number of benzene rings is 2. The molecule has 16 nitrogen and oxygen atoms in total. The number of anilines is 3. The molecule has 324 valence electrons. The van der Waals surface area contributed by atoms with Gasteiger partial charge in [0.1, 0.15) is 24.2 Å². The molecule has 2 aromatic carbocycles. The minimum atomic E-state index is -0.865. The first-order chi connectivity index (χ1) is 28.4. The number of methoxy groups -OCH3 is 2. The van der Waals surface area contributed by atoms with Crippen molar-refractivity contribution in [1.82, 2.24) is 25.4 Å². The number of thiazole rings is 1. The fourth-order valence-corrected chi connectivity index (χ4v) is 8.07. The molecule has 17 heteroatoms. The third-order valence-corrected chi connectivity index (χ3v) is 11.5. The average molecular weight is 847 g/mol. The molecule has 2 aliphatic heterocycles. The predicted molar refractivity (Wildman–Crippen MR) is 229 cm³/mol. The van der Waals surface area contributed by atoms with E-state index in [4.69, 9.17) is 9.47 Å². The van der Waals surface area contributed by atoms with Crippen LogP contribution in [0.1, 0.15) is 78.4 Å². The summed E-state index contributed by atoms with van der Waals surface area (Å²) in [6.07, 6.45) is 2.70. The number of carbonyl (C=O) groups is 6. The predicted octanol–water partition coefficient (Wildman–Crippen LogP) is 5.75. The molecule has 0 saturated carbocycles. The number of nitrogens with zero attached hydrogens (tertiary/aromatic N) is 4. The Hall–Kier alpha value is -5.71. The maximum absolute atomic E-state index is 13.6. The van der Waals surface area contributed by atoms with E-state index >= 15 is 0 Å². The summed E-state index contributed by atoms with van der Waals surface area (Å²) in [6, 6.07) is 12.0. The molecule has 3 aromatic rings. The highest BCUT2D eigenvalue weighted by Crippen LogP contribution is 2.29. The lowest BCUT2D eigenvalue weighted by atomic mass is 9.85. The lowest BCUT2D eigenvalue weighted by molar-refractivity contribution is -0.140. The minimum absolute atomic E-state index is 0.292. The monoisotopic (exact) mass is 846 g/mol. The number of amides is 6. The Balaban J connectivity index is 1.20. The first-order valence-corrected chi connectivity index (χ1v) is 21.0. The van der Waals surface area contributed by atoms with Crippen LogP contribution in [0, 0.1) is 10.8 Å². The zero-order valence-electron chi connectivity index (χ0n) is 35.7. The minimum Gasteiger partial charge on any atom is -0.453 e. The van der Waals surface area contributed by atoms with Crippen molar-refractivity contribution in [3.63, 3.8) is 0 Å². The van der Waals surface area contributed by atoms with Crippen LogP contribution in [0.4, 0.5) is 26.1 Å². The van der Waals surface area contributed by atoms with Crippen LogP contribution in [0.2, 0.25) is 0 Å². The van der Waals surface area contributed by atoms with Gasteiger partial charge in [0, 0.05) is 49.1 Å². The van der Waals surface area contributed by atoms with Crippen LogP contribution >= 0.6 is 11.3 Å². The van der Waals surface area contributed by atoms with Gasteiger partial charge in [0.25, 0.3) is 0 Å². The molecule has 1 aromatic heterocycles. The third kappa shape index (κ3) is 11.5. The number of alkyl carbamates (subject to hydrolysis) is 2. The van der Waals surface area contributed by atoms with Crippen molar-refractivity contribution in [1.29, 1.82) is 0 Å². The van der Waals surface area contributed by atoms with Gasteiger partial charge < -0.3 is 45.4 Å². The molecule has 2 saturated heterocycles. The van der Waals surface area contributed by atoms with E-state index in [1.807, 2.05) is 95.5 Å². The average Bonchev–Trinajstić information content (AvgIpc) is 4.02. The first kappa shape index (κ1) is 45.4. The van der Waals surface area contributed by atoms with Gasteiger partial charge in [-0.25, -0.2) is 14.6 Å². The summed E-state index contributed by atoms with van der Waals surface area (Å²) in [5.41, 5.74) is 1.95. The van der Waals surface area contributed by atoms with Crippen molar-refractivity contribution in [2.75, 3.05) is 42.8 Å². The Morgan fingerprint density at radius 1 is 0.700 bits per heavy atom. The Kier molecular flexibility index (Phi) is 14.8. The molecule has 3 heterocycles. The van der Waals surface area contributed by atoms with E-state index in [2.05, 4.69) is 31.2 Å². The lowest BCUT2D eigenvalue weighted by Gasteiger charge is -2.35. The number of hydrogen-bond donors (Lipinski definition) is 4. The Morgan fingerprint density at radius 3 is 1.43 bits per heavy atom. The van der Waals surface area contributed by atoms with E-state index in [0.717, 1.165) is 16.3 Å². The fourth-order valence-electron chi connectivity index (χ4n) is 7.43. The summed E-state index contributed by atoms with van der Waals surface area (Å²) in [4.78, 5) is 88.1. The van der Waals surface area contributed by atoms with Crippen molar-refractivity contribution >= 4 is 63.7 Å². The zero-order valence-corrected chi connectivity index (χ0v) is 36.5. The van der Waals surface area contributed by atoms with Crippen molar-refractivity contribution in [3.8, 4) is 0 Å². The summed E-state index contributed by atoms with van der Waals surface area (Å²) >= 11 is 1.52. The highest BCUT2D eigenvalue weighted by Gasteiger charge is 2.43. The van der Waals surface area contributed by atoms with Gasteiger partial charge in [-0.15, -0.1) is 11.3 Å². The summed E-state index contributed by atoms with van der Waals surface area (Å²) in [6.45, 7) is 13.0. The van der Waals surface area contributed by atoms with Crippen LogP contribution in [0.15, 0.2) is 60.1 Å². The van der Waals surface area contributed by atoms with Crippen LogP contribution in [-0.4, -0.2) is 102 Å². The largest absolute Gasteiger partial charge is 0.453 e. The summed E-state index contributed by atoms with van der Waals surface area (Å²) in [7, 11) is 2.49. The molecule has 5 rings (SSSR count). The van der Waals surface area contributed by atoms with Crippen molar-refractivity contribution in [2.24, 2.45) is 10.8 Å². The van der Waals surface area contributed by atoms with Gasteiger partial charge in [-0.3, -0.25) is 19.2 Å². The Morgan fingerprint density at radius 2 is 1.10 bits per heavy atom. The van der Waals surface area contributed by atoms with Gasteiger partial charge in [0.2, 0.25) is 23.6 Å². The second-order valence-electron chi connectivity index (χ2n) is 17.3. The van der Waals surface area contributed by atoms with Gasteiger partial charge >= 0.3 is 12.2 Å². The summed E-state index contributed by atoms with van der Waals surface area (Å²) < 4.78 is 9.50. The maximum Gasteiger partial charge on any atom is 0.407 e. The van der Waals surface area contributed by atoms with E-state index < -0.39 is 47.2 Å². The van der Waals surface area contributed by atoms with Crippen LogP contribution in [0.5, 0.6) is 0 Å². The topological polar surface area (TPSA) is 192 Å². The van der Waals surface area contributed by atoms with E-state index in [1.165, 1.54) is 25.6 Å². The number of rotatable bonds is 13. The summed E-state index contributed by atoms with van der Waals surface area (Å²) in [5, 5.41) is 14.0. The maximum atomic E-state index is 13.6. The van der Waals surface area contributed by atoms with Crippen molar-refractivity contribution in [2.45, 2.75) is 104 Å². The van der Waals surface area contributed by atoms with E-state index in [0.29, 0.717) is 63.2 Å². The highest BCUT2D eigenvalue weighted by atomic mass is 32.1. The molecule has 0 unspecified atom stereocenters. The van der Waals surface area contributed by atoms with E-state index in [1.54, 1.807) is 16.0 Å². The summed E-state index contributed by atoms with van der Waals surface area (Å²) in [5.74, 6) is -1.24. The first-order valence-electron chi connectivity index (χ1n) is 20.1. The second-order valence-corrected chi connectivity index (χ2v) is 18.2. The molecule has 2 fully saturated rings. The van der Waals surface area contributed by atoms with Crippen LogP contribution in [0.25, 0.3) is 0 Å². The Bertz CT molecular complexity index is 1850. The van der Waals surface area contributed by atoms with Crippen LogP contribution < -0.4 is 26.2 Å². The molecule has 0 radical (unpaired) electrons. The number of nitrogens with one attached hydrogen (secondary N) is 4. The molecule has 6 amide bonds. The van der Waals surface area contributed by atoms with Crippen molar-refractivity contribution < 1.29 is 38.2 Å². The van der Waals surface area contributed by atoms with Gasteiger partial charge in [0.05, 0.1) is 14.2 Å². The zero-order chi connectivity index (χ0) is 43.8. The lowest BCUT2D eigenvalue weighted by Crippen LogP contribution is -2.57. The normalized spacial score (nSPS) is 17.6. The molecule has 60 heavy (non-hydrogen) atoms. The number of aromatic nitrogens is 1. The van der Waals surface area contributed by atoms with Gasteiger partial charge in [-0.1, -0.05) is 65.8 Å². The SMILES string of the molecule is COC(=O)N[C@H](C(=O)N1CCC[C@H]1C(=O)Nc1ccc(CN(Cc2ccc(NC(=O)[C@@H]3CCCN3C(=O)[C@@H](NC(=O)OC)C(C)(C)C)cc2)c2nccs2)cc1)C(C)(C)C. The van der Waals surface area contributed by atoms with E-state index in [-0.39, 0.29) is 23.6 Å². The Labute approximate surface area is 355 Å². The molecule has 0 spiro atoms. The van der Waals surface area contributed by atoms with Gasteiger partial charge in [0.15, 0.2) is 5.13 Å². The number of likely N-dealkylation sites (tertiary alicyclic amines) is 2. The molecular weight excluding hydrogens is 789 g/mol. The smallest absolute Gasteiger partial charge is 0.407 e. The van der Waals surface area contributed by atoms with Gasteiger partial charge in [-0.2, -0.15) is 0 Å². The molecular formula is C43H58N8O8S. The second kappa shape index (κ2) is 19.6. The molecule has 4 N–H and O–H groups in total. The quantitative estimate of drug-likeness (QED) is 0.165. The van der Waals surface area contributed by atoms with E-state index in [9.17, 15) is 28.8 Å². The number of hydrogen-bond acceptors (Lipinski definition) is 11. The number of carbonyl (C=O) groups excluding carboxylic acids is 6. The van der Waals surface area contributed by atoms with Gasteiger partial charge in [-0.05, 0) is 71.9 Å². The molecule has 4 atom stereocenters. The van der Waals surface area contributed by atoms with Crippen LogP contribution in [0.3, 0.4) is 0 Å².